The molecule has 2 nitrogen and oxygen atoms in total. The molecule has 0 saturated carbocycles. The Morgan fingerprint density at radius 1 is 1.37 bits per heavy atom. The summed E-state index contributed by atoms with van der Waals surface area (Å²) in [5, 5.41) is 0. The highest BCUT2D eigenvalue weighted by atomic mass is 19.3. The van der Waals surface area contributed by atoms with E-state index in [1.807, 2.05) is 6.92 Å². The van der Waals surface area contributed by atoms with Gasteiger partial charge in [0.05, 0.1) is 6.61 Å². The van der Waals surface area contributed by atoms with Crippen molar-refractivity contribution in [3.8, 4) is 0 Å². The number of halogens is 2. The number of benzene rings is 1. The normalized spacial score (nSPS) is 21.2. The lowest BCUT2D eigenvalue weighted by molar-refractivity contribution is -0.0122. The van der Waals surface area contributed by atoms with Gasteiger partial charge in [0, 0.05) is 24.5 Å². The summed E-state index contributed by atoms with van der Waals surface area (Å²) in [6, 6.07) is 6.61. The predicted molar refractivity (Wildman–Crippen MR) is 68.8 cm³/mol. The van der Waals surface area contributed by atoms with Gasteiger partial charge in [-0.25, -0.2) is 0 Å². The van der Waals surface area contributed by atoms with Crippen LogP contribution in [0.15, 0.2) is 24.3 Å². The van der Waals surface area contributed by atoms with Crippen molar-refractivity contribution >= 4 is 5.78 Å². The zero-order valence-corrected chi connectivity index (χ0v) is 11.0. The third-order valence-corrected chi connectivity index (χ3v) is 3.44. The molecule has 0 N–H and O–H groups in total. The summed E-state index contributed by atoms with van der Waals surface area (Å²) in [4.78, 5) is 11.7. The van der Waals surface area contributed by atoms with Crippen LogP contribution in [-0.4, -0.2) is 24.9 Å². The molecule has 1 aromatic carbocycles. The number of unbranched alkanes of at least 4 members (excludes halogenated alkanes) is 1. The van der Waals surface area contributed by atoms with Gasteiger partial charge < -0.3 is 4.74 Å². The van der Waals surface area contributed by atoms with E-state index >= 15 is 0 Å². The zero-order chi connectivity index (χ0) is 13.9. The molecule has 1 aromatic rings. The van der Waals surface area contributed by atoms with Gasteiger partial charge in [0.1, 0.15) is 0 Å². The van der Waals surface area contributed by atoms with Gasteiger partial charge in [-0.3, -0.25) is 4.79 Å². The van der Waals surface area contributed by atoms with Crippen molar-refractivity contribution in [1.29, 1.82) is 0 Å². The highest BCUT2D eigenvalue weighted by Gasteiger charge is 2.47. The molecule has 1 aliphatic rings. The van der Waals surface area contributed by atoms with E-state index in [2.05, 4.69) is 0 Å². The molecule has 1 atom stereocenters. The molecule has 0 saturated heterocycles. The first-order valence-corrected chi connectivity index (χ1v) is 6.65. The van der Waals surface area contributed by atoms with Gasteiger partial charge in [0.15, 0.2) is 0 Å². The standard InChI is InChI=1S/C15H18F2O2/c1-2-3-8-19-10-11-9-15(16,17)14(18)13-7-5-4-6-12(11)13/h4-7,11H,2-3,8-10H2,1H3. The summed E-state index contributed by atoms with van der Waals surface area (Å²) in [5.74, 6) is -4.73. The third kappa shape index (κ3) is 3.00. The second kappa shape index (κ2) is 5.78. The molecule has 19 heavy (non-hydrogen) atoms. The molecule has 1 aliphatic carbocycles. The Hall–Kier alpha value is -1.29. The Bertz CT molecular complexity index is 457. The molecular weight excluding hydrogens is 250 g/mol. The molecule has 2 rings (SSSR count). The SMILES string of the molecule is CCCCOCC1CC(F)(F)C(=O)c2ccccc21. The fraction of sp³-hybridized carbons (Fsp3) is 0.533. The van der Waals surface area contributed by atoms with Crippen molar-refractivity contribution in [3.05, 3.63) is 35.4 Å². The minimum Gasteiger partial charge on any atom is -0.381 e. The molecule has 0 aromatic heterocycles. The van der Waals surface area contributed by atoms with Crippen LogP contribution in [0.2, 0.25) is 0 Å². The van der Waals surface area contributed by atoms with E-state index in [0.717, 1.165) is 12.8 Å². The Labute approximate surface area is 111 Å². The van der Waals surface area contributed by atoms with Gasteiger partial charge in [-0.05, 0) is 12.0 Å². The average Bonchev–Trinajstić information content (AvgIpc) is 2.40. The fourth-order valence-corrected chi connectivity index (χ4v) is 2.39. The number of hydrogen-bond acceptors (Lipinski definition) is 2. The van der Waals surface area contributed by atoms with Crippen LogP contribution in [-0.2, 0) is 4.74 Å². The number of carbonyl (C=O) groups excluding carboxylic acids is 1. The maximum atomic E-state index is 13.7. The van der Waals surface area contributed by atoms with Crippen LogP contribution in [0.25, 0.3) is 0 Å². The Kier molecular flexibility index (Phi) is 4.30. The number of Topliss-reactive ketones (excluding diaryl/α,β-unsaturated/α-hetero) is 1. The molecular formula is C15H18F2O2. The number of alkyl halides is 2. The number of carbonyl (C=O) groups is 1. The topological polar surface area (TPSA) is 26.3 Å². The van der Waals surface area contributed by atoms with Gasteiger partial charge in [-0.1, -0.05) is 37.6 Å². The van der Waals surface area contributed by atoms with E-state index in [0.29, 0.717) is 12.2 Å². The number of fused-ring (bicyclic) bond motifs is 1. The van der Waals surface area contributed by atoms with Gasteiger partial charge in [0.25, 0.3) is 0 Å². The predicted octanol–water partition coefficient (Wildman–Crippen LogP) is 3.81. The first kappa shape index (κ1) is 14.1. The lowest BCUT2D eigenvalue weighted by atomic mass is 9.80. The second-order valence-corrected chi connectivity index (χ2v) is 4.95. The molecule has 104 valence electrons. The molecule has 0 amide bonds. The summed E-state index contributed by atoms with van der Waals surface area (Å²) >= 11 is 0. The van der Waals surface area contributed by atoms with E-state index in [-0.39, 0.29) is 12.2 Å². The molecule has 1 unspecified atom stereocenters. The van der Waals surface area contributed by atoms with Crippen LogP contribution < -0.4 is 0 Å². The minimum atomic E-state index is -3.27. The molecule has 0 aliphatic heterocycles. The van der Waals surface area contributed by atoms with Gasteiger partial charge >= 0.3 is 5.92 Å². The number of ether oxygens (including phenoxy) is 1. The number of rotatable bonds is 5. The zero-order valence-electron chi connectivity index (χ0n) is 11.0. The van der Waals surface area contributed by atoms with Crippen molar-refractivity contribution in [2.45, 2.75) is 38.0 Å². The van der Waals surface area contributed by atoms with Crippen molar-refractivity contribution in [1.82, 2.24) is 0 Å². The summed E-state index contributed by atoms with van der Waals surface area (Å²) in [6.07, 6.45) is 1.48. The fourth-order valence-electron chi connectivity index (χ4n) is 2.39. The lowest BCUT2D eigenvalue weighted by Crippen LogP contribution is -2.37. The van der Waals surface area contributed by atoms with Crippen LogP contribution in [0.1, 0.15) is 48.0 Å². The molecule has 0 heterocycles. The highest BCUT2D eigenvalue weighted by molar-refractivity contribution is 6.03. The highest BCUT2D eigenvalue weighted by Crippen LogP contribution is 2.40. The average molecular weight is 268 g/mol. The Morgan fingerprint density at radius 2 is 2.11 bits per heavy atom. The largest absolute Gasteiger partial charge is 0.381 e. The van der Waals surface area contributed by atoms with E-state index in [9.17, 15) is 13.6 Å². The van der Waals surface area contributed by atoms with E-state index < -0.39 is 24.0 Å². The summed E-state index contributed by atoms with van der Waals surface area (Å²) in [7, 11) is 0. The first-order valence-electron chi connectivity index (χ1n) is 6.65. The summed E-state index contributed by atoms with van der Waals surface area (Å²) in [6.45, 7) is 2.88. The van der Waals surface area contributed by atoms with Crippen molar-refractivity contribution < 1.29 is 18.3 Å². The van der Waals surface area contributed by atoms with Gasteiger partial charge in [-0.2, -0.15) is 8.78 Å². The van der Waals surface area contributed by atoms with Crippen LogP contribution in [0.5, 0.6) is 0 Å². The molecule has 4 heteroatoms. The number of hydrogen-bond donors (Lipinski definition) is 0. The van der Waals surface area contributed by atoms with Gasteiger partial charge in [-0.15, -0.1) is 0 Å². The Morgan fingerprint density at radius 3 is 2.84 bits per heavy atom. The van der Waals surface area contributed by atoms with Crippen molar-refractivity contribution in [2.75, 3.05) is 13.2 Å². The monoisotopic (exact) mass is 268 g/mol. The number of ketones is 1. The molecule has 0 bridgehead atoms. The minimum absolute atomic E-state index is 0.142. The molecule has 0 fully saturated rings. The first-order chi connectivity index (χ1) is 9.06. The van der Waals surface area contributed by atoms with Crippen LogP contribution >= 0.6 is 0 Å². The maximum absolute atomic E-state index is 13.7. The lowest BCUT2D eigenvalue weighted by Gasteiger charge is -2.30. The van der Waals surface area contributed by atoms with Crippen LogP contribution in [0.3, 0.4) is 0 Å². The summed E-state index contributed by atoms with van der Waals surface area (Å²) in [5.41, 5.74) is 0.831. The van der Waals surface area contributed by atoms with Crippen molar-refractivity contribution in [2.24, 2.45) is 0 Å². The maximum Gasteiger partial charge on any atom is 0.310 e. The second-order valence-electron chi connectivity index (χ2n) is 4.95. The van der Waals surface area contributed by atoms with E-state index in [1.54, 1.807) is 18.2 Å². The molecule has 0 radical (unpaired) electrons. The van der Waals surface area contributed by atoms with E-state index in [4.69, 9.17) is 4.74 Å². The van der Waals surface area contributed by atoms with Crippen molar-refractivity contribution in [3.63, 3.8) is 0 Å². The molecule has 0 spiro atoms. The third-order valence-electron chi connectivity index (χ3n) is 3.44. The Balaban J connectivity index is 2.16. The van der Waals surface area contributed by atoms with E-state index in [1.165, 1.54) is 6.07 Å². The van der Waals surface area contributed by atoms with Gasteiger partial charge in [0.2, 0.25) is 5.78 Å². The quantitative estimate of drug-likeness (QED) is 0.759. The van der Waals surface area contributed by atoms with Crippen LogP contribution in [0, 0.1) is 0 Å². The summed E-state index contributed by atoms with van der Waals surface area (Å²) < 4.78 is 32.8. The smallest absolute Gasteiger partial charge is 0.310 e. The van der Waals surface area contributed by atoms with Crippen LogP contribution in [0.4, 0.5) is 8.78 Å².